The van der Waals surface area contributed by atoms with Gasteiger partial charge >= 0.3 is 5.97 Å². The molecule has 1 N–H and O–H groups in total. The fraction of sp³-hybridized carbons (Fsp3) is 0.562. The number of rotatable bonds is 4. The van der Waals surface area contributed by atoms with Crippen molar-refractivity contribution >= 4 is 5.97 Å². The first-order valence-electron chi connectivity index (χ1n) is 7.27. The molecular weight excluding hydrogens is 256 g/mol. The van der Waals surface area contributed by atoms with Gasteiger partial charge in [-0.2, -0.15) is 0 Å². The average Bonchev–Trinajstić information content (AvgIpc) is 3.24. The summed E-state index contributed by atoms with van der Waals surface area (Å²) in [5, 5.41) is 9.14. The Morgan fingerprint density at radius 3 is 2.80 bits per heavy atom. The highest BCUT2D eigenvalue weighted by Crippen LogP contribution is 2.48. The first-order valence-corrected chi connectivity index (χ1v) is 7.27. The summed E-state index contributed by atoms with van der Waals surface area (Å²) in [4.78, 5) is 11.1. The summed E-state index contributed by atoms with van der Waals surface area (Å²) in [7, 11) is 0. The quantitative estimate of drug-likeness (QED) is 0.918. The van der Waals surface area contributed by atoms with Gasteiger partial charge in [0.05, 0.1) is 19.6 Å². The van der Waals surface area contributed by atoms with E-state index in [2.05, 4.69) is 0 Å². The Balaban J connectivity index is 1.96. The Bertz CT molecular complexity index is 519. The number of ether oxygens (including phenoxy) is 2. The van der Waals surface area contributed by atoms with Crippen LogP contribution in [0.15, 0.2) is 12.1 Å². The minimum Gasteiger partial charge on any atom is -0.490 e. The molecule has 108 valence electrons. The van der Waals surface area contributed by atoms with Crippen LogP contribution < -0.4 is 9.47 Å². The van der Waals surface area contributed by atoms with Crippen LogP contribution in [0.25, 0.3) is 0 Å². The molecule has 1 aromatic carbocycles. The number of fused-ring (bicyclic) bond motifs is 1. The minimum absolute atomic E-state index is 0.102. The first-order chi connectivity index (χ1) is 9.66. The molecule has 4 nitrogen and oxygen atoms in total. The Labute approximate surface area is 118 Å². The minimum atomic E-state index is -0.728. The summed E-state index contributed by atoms with van der Waals surface area (Å²) >= 11 is 0. The van der Waals surface area contributed by atoms with Crippen LogP contribution in [0, 0.1) is 12.8 Å². The molecular formula is C16H20O4. The molecule has 1 atom stereocenters. The van der Waals surface area contributed by atoms with E-state index in [0.717, 1.165) is 41.9 Å². The van der Waals surface area contributed by atoms with E-state index in [0.29, 0.717) is 19.1 Å². The number of aliphatic carboxylic acids is 1. The number of carboxylic acids is 1. The Morgan fingerprint density at radius 1 is 1.35 bits per heavy atom. The van der Waals surface area contributed by atoms with Crippen molar-refractivity contribution in [1.82, 2.24) is 0 Å². The standard InChI is InChI=1S/C16H20O4/c1-10-12(13(9-15(17)18)11-3-4-11)5-6-14-16(10)20-8-2-7-19-14/h5-6,11,13H,2-4,7-9H2,1H3,(H,17,18). The molecule has 0 bridgehead atoms. The Morgan fingerprint density at radius 2 is 2.10 bits per heavy atom. The van der Waals surface area contributed by atoms with Gasteiger partial charge in [0.25, 0.3) is 0 Å². The zero-order valence-corrected chi connectivity index (χ0v) is 11.7. The van der Waals surface area contributed by atoms with Crippen molar-refractivity contribution < 1.29 is 19.4 Å². The van der Waals surface area contributed by atoms with Gasteiger partial charge < -0.3 is 14.6 Å². The fourth-order valence-electron chi connectivity index (χ4n) is 3.01. The summed E-state index contributed by atoms with van der Waals surface area (Å²) in [5.74, 6) is 1.47. The number of hydrogen-bond donors (Lipinski definition) is 1. The second-order valence-corrected chi connectivity index (χ2v) is 5.70. The highest BCUT2D eigenvalue weighted by atomic mass is 16.5. The van der Waals surface area contributed by atoms with Crippen LogP contribution in [0.2, 0.25) is 0 Å². The van der Waals surface area contributed by atoms with E-state index in [4.69, 9.17) is 14.6 Å². The first kappa shape index (κ1) is 13.3. The lowest BCUT2D eigenvalue weighted by Gasteiger charge is -2.20. The van der Waals surface area contributed by atoms with Crippen molar-refractivity contribution in [3.05, 3.63) is 23.3 Å². The number of hydrogen-bond acceptors (Lipinski definition) is 3. The summed E-state index contributed by atoms with van der Waals surface area (Å²) in [6, 6.07) is 3.95. The van der Waals surface area contributed by atoms with Crippen LogP contribution in [0.1, 0.15) is 42.7 Å². The molecule has 2 aliphatic rings. The molecule has 20 heavy (non-hydrogen) atoms. The fourth-order valence-corrected chi connectivity index (χ4v) is 3.01. The molecule has 0 radical (unpaired) electrons. The van der Waals surface area contributed by atoms with E-state index in [9.17, 15) is 4.79 Å². The summed E-state index contributed by atoms with van der Waals surface area (Å²) in [6.45, 7) is 3.34. The summed E-state index contributed by atoms with van der Waals surface area (Å²) in [5.41, 5.74) is 2.15. The lowest BCUT2D eigenvalue weighted by atomic mass is 9.87. The van der Waals surface area contributed by atoms with Crippen molar-refractivity contribution in [3.63, 3.8) is 0 Å². The second-order valence-electron chi connectivity index (χ2n) is 5.70. The van der Waals surface area contributed by atoms with Crippen LogP contribution in [0.4, 0.5) is 0 Å². The number of carboxylic acid groups (broad SMARTS) is 1. The molecule has 1 aliphatic carbocycles. The second kappa shape index (κ2) is 5.35. The largest absolute Gasteiger partial charge is 0.490 e. The molecule has 0 amide bonds. The molecule has 4 heteroatoms. The molecule has 1 heterocycles. The smallest absolute Gasteiger partial charge is 0.303 e. The van der Waals surface area contributed by atoms with Gasteiger partial charge in [-0.25, -0.2) is 0 Å². The van der Waals surface area contributed by atoms with Gasteiger partial charge in [0.15, 0.2) is 11.5 Å². The van der Waals surface area contributed by atoms with E-state index < -0.39 is 5.97 Å². The molecule has 1 aromatic rings. The highest BCUT2D eigenvalue weighted by Gasteiger charge is 2.35. The van der Waals surface area contributed by atoms with Gasteiger partial charge in [-0.1, -0.05) is 6.07 Å². The van der Waals surface area contributed by atoms with E-state index >= 15 is 0 Å². The maximum Gasteiger partial charge on any atom is 0.303 e. The van der Waals surface area contributed by atoms with Gasteiger partial charge in [0.2, 0.25) is 0 Å². The predicted octanol–water partition coefficient (Wildman–Crippen LogP) is 3.12. The van der Waals surface area contributed by atoms with Crippen molar-refractivity contribution in [2.75, 3.05) is 13.2 Å². The van der Waals surface area contributed by atoms with Crippen molar-refractivity contribution in [3.8, 4) is 11.5 Å². The third-order valence-corrected chi connectivity index (χ3v) is 4.19. The molecule has 0 spiro atoms. The van der Waals surface area contributed by atoms with Gasteiger partial charge in [-0.3, -0.25) is 4.79 Å². The molecule has 1 unspecified atom stereocenters. The van der Waals surface area contributed by atoms with Crippen molar-refractivity contribution in [2.45, 2.75) is 38.5 Å². The van der Waals surface area contributed by atoms with Crippen LogP contribution in [-0.2, 0) is 4.79 Å². The zero-order valence-electron chi connectivity index (χ0n) is 11.7. The lowest BCUT2D eigenvalue weighted by Crippen LogP contribution is -2.10. The highest BCUT2D eigenvalue weighted by molar-refractivity contribution is 5.68. The van der Waals surface area contributed by atoms with E-state index in [1.165, 1.54) is 0 Å². The van der Waals surface area contributed by atoms with Gasteiger partial charge in [-0.05, 0) is 48.8 Å². The van der Waals surface area contributed by atoms with E-state index in [1.807, 2.05) is 19.1 Å². The maximum atomic E-state index is 11.1. The Hall–Kier alpha value is -1.71. The zero-order chi connectivity index (χ0) is 14.1. The normalized spacial score (nSPS) is 19.2. The monoisotopic (exact) mass is 276 g/mol. The lowest BCUT2D eigenvalue weighted by molar-refractivity contribution is -0.137. The summed E-state index contributed by atoms with van der Waals surface area (Å²) < 4.78 is 11.5. The molecule has 0 saturated heterocycles. The Kier molecular flexibility index (Phi) is 3.55. The predicted molar refractivity (Wildman–Crippen MR) is 74.5 cm³/mol. The number of benzene rings is 1. The molecule has 1 saturated carbocycles. The average molecular weight is 276 g/mol. The molecule has 3 rings (SSSR count). The van der Waals surface area contributed by atoms with Gasteiger partial charge in [0, 0.05) is 6.42 Å². The van der Waals surface area contributed by atoms with Gasteiger partial charge in [0.1, 0.15) is 0 Å². The number of carbonyl (C=O) groups is 1. The van der Waals surface area contributed by atoms with Crippen LogP contribution in [0.3, 0.4) is 0 Å². The third kappa shape index (κ3) is 2.60. The molecule has 1 fully saturated rings. The van der Waals surface area contributed by atoms with Crippen LogP contribution in [0.5, 0.6) is 11.5 Å². The van der Waals surface area contributed by atoms with Gasteiger partial charge in [-0.15, -0.1) is 0 Å². The molecule has 0 aromatic heterocycles. The maximum absolute atomic E-state index is 11.1. The van der Waals surface area contributed by atoms with E-state index in [1.54, 1.807) is 0 Å². The topological polar surface area (TPSA) is 55.8 Å². The van der Waals surface area contributed by atoms with E-state index in [-0.39, 0.29) is 12.3 Å². The SMILES string of the molecule is Cc1c(C(CC(=O)O)C2CC2)ccc2c1OCCCO2. The third-order valence-electron chi connectivity index (χ3n) is 4.19. The van der Waals surface area contributed by atoms with Crippen molar-refractivity contribution in [2.24, 2.45) is 5.92 Å². The summed E-state index contributed by atoms with van der Waals surface area (Å²) in [6.07, 6.45) is 3.34. The molecule has 1 aliphatic heterocycles. The van der Waals surface area contributed by atoms with Crippen LogP contribution in [-0.4, -0.2) is 24.3 Å². The van der Waals surface area contributed by atoms with Crippen LogP contribution >= 0.6 is 0 Å². The van der Waals surface area contributed by atoms with Crippen molar-refractivity contribution in [1.29, 1.82) is 0 Å².